The summed E-state index contributed by atoms with van der Waals surface area (Å²) in [7, 11) is -3.61. The molecule has 0 aliphatic carbocycles. The van der Waals surface area contributed by atoms with Crippen LogP contribution in [-0.2, 0) is 19.6 Å². The molecule has 9 nitrogen and oxygen atoms in total. The van der Waals surface area contributed by atoms with Crippen molar-refractivity contribution in [1.82, 2.24) is 19.8 Å². The number of carbonyl (C=O) groups excluding carboxylic acids is 2. The van der Waals surface area contributed by atoms with Crippen LogP contribution in [0.5, 0.6) is 0 Å². The number of piperazine rings is 1. The summed E-state index contributed by atoms with van der Waals surface area (Å²) in [5, 5.41) is 7.15. The lowest BCUT2D eigenvalue weighted by Gasteiger charge is -2.35. The van der Waals surface area contributed by atoms with E-state index in [0.29, 0.717) is 44.0 Å². The van der Waals surface area contributed by atoms with Crippen molar-refractivity contribution in [1.29, 1.82) is 0 Å². The standard InChI is InChI=1S/C22H26N4O5S/c1-2-31-21(27)19-14-23-22(28)24-20(19)15-25-9-11-26(12-10-25)32(29,30)18-8-7-16-5-3-4-6-17(16)13-18/h3-8,13H,2,9-12,14-15H2,1H3,(H2,23,24,28). The highest BCUT2D eigenvalue weighted by Crippen LogP contribution is 2.23. The van der Waals surface area contributed by atoms with Crippen LogP contribution in [0.4, 0.5) is 4.79 Å². The second-order valence-corrected chi connectivity index (χ2v) is 9.61. The summed E-state index contributed by atoms with van der Waals surface area (Å²) in [6, 6.07) is 12.5. The molecule has 4 rings (SSSR count). The van der Waals surface area contributed by atoms with Crippen molar-refractivity contribution < 1.29 is 22.7 Å². The number of urea groups is 1. The highest BCUT2D eigenvalue weighted by atomic mass is 32.2. The summed E-state index contributed by atoms with van der Waals surface area (Å²) in [4.78, 5) is 26.3. The number of hydrogen-bond donors (Lipinski definition) is 2. The van der Waals surface area contributed by atoms with Crippen molar-refractivity contribution in [3.05, 3.63) is 53.7 Å². The average molecular weight is 459 g/mol. The Bertz CT molecular complexity index is 1170. The number of fused-ring (bicyclic) bond motifs is 1. The number of esters is 1. The lowest BCUT2D eigenvalue weighted by Crippen LogP contribution is -2.52. The minimum atomic E-state index is -3.61. The summed E-state index contributed by atoms with van der Waals surface area (Å²) < 4.78 is 32.9. The van der Waals surface area contributed by atoms with E-state index in [1.807, 2.05) is 35.2 Å². The van der Waals surface area contributed by atoms with Gasteiger partial charge in [-0.1, -0.05) is 30.3 Å². The second kappa shape index (κ2) is 9.27. The first kappa shape index (κ1) is 22.3. The Hall–Kier alpha value is -2.95. The van der Waals surface area contributed by atoms with Crippen molar-refractivity contribution in [3.63, 3.8) is 0 Å². The van der Waals surface area contributed by atoms with Gasteiger partial charge < -0.3 is 15.4 Å². The maximum Gasteiger partial charge on any atom is 0.337 e. The Morgan fingerprint density at radius 2 is 1.78 bits per heavy atom. The second-order valence-electron chi connectivity index (χ2n) is 7.67. The van der Waals surface area contributed by atoms with Crippen molar-refractivity contribution in [2.24, 2.45) is 0 Å². The molecular weight excluding hydrogens is 432 g/mol. The zero-order chi connectivity index (χ0) is 22.7. The smallest absolute Gasteiger partial charge is 0.337 e. The maximum atomic E-state index is 13.2. The maximum absolute atomic E-state index is 13.2. The van der Waals surface area contributed by atoms with Crippen LogP contribution in [0.1, 0.15) is 6.92 Å². The first-order chi connectivity index (χ1) is 15.4. The van der Waals surface area contributed by atoms with E-state index < -0.39 is 16.0 Å². The van der Waals surface area contributed by atoms with Crippen LogP contribution in [0, 0.1) is 0 Å². The monoisotopic (exact) mass is 458 g/mol. The molecule has 2 aliphatic rings. The number of rotatable bonds is 6. The third kappa shape index (κ3) is 4.62. The fourth-order valence-electron chi connectivity index (χ4n) is 3.91. The van der Waals surface area contributed by atoms with Gasteiger partial charge in [0.1, 0.15) is 0 Å². The van der Waals surface area contributed by atoms with Gasteiger partial charge in [0.05, 0.1) is 23.6 Å². The molecular formula is C22H26N4O5S. The number of hydrogen-bond acceptors (Lipinski definition) is 6. The molecule has 0 aromatic heterocycles. The van der Waals surface area contributed by atoms with Gasteiger partial charge in [-0.2, -0.15) is 4.31 Å². The molecule has 170 valence electrons. The zero-order valence-electron chi connectivity index (χ0n) is 17.8. The molecule has 2 aliphatic heterocycles. The van der Waals surface area contributed by atoms with Crippen LogP contribution < -0.4 is 10.6 Å². The van der Waals surface area contributed by atoms with Gasteiger partial charge in [-0.15, -0.1) is 0 Å². The fourth-order valence-corrected chi connectivity index (χ4v) is 5.37. The molecule has 0 spiro atoms. The summed E-state index contributed by atoms with van der Waals surface area (Å²) in [5.41, 5.74) is 0.885. The lowest BCUT2D eigenvalue weighted by molar-refractivity contribution is -0.138. The fraction of sp³-hybridized carbons (Fsp3) is 0.364. The number of sulfonamides is 1. The van der Waals surface area contributed by atoms with Gasteiger partial charge in [-0.3, -0.25) is 4.90 Å². The Morgan fingerprint density at radius 1 is 1.06 bits per heavy atom. The highest BCUT2D eigenvalue weighted by molar-refractivity contribution is 7.89. The molecule has 0 bridgehead atoms. The third-order valence-electron chi connectivity index (χ3n) is 5.65. The van der Waals surface area contributed by atoms with E-state index in [1.54, 1.807) is 19.1 Å². The number of ether oxygens (including phenoxy) is 1. The van der Waals surface area contributed by atoms with E-state index in [2.05, 4.69) is 10.6 Å². The molecule has 0 radical (unpaired) electrons. The van der Waals surface area contributed by atoms with Gasteiger partial charge >= 0.3 is 12.0 Å². The van der Waals surface area contributed by atoms with Crippen LogP contribution in [0.15, 0.2) is 58.6 Å². The molecule has 10 heteroatoms. The quantitative estimate of drug-likeness (QED) is 0.632. The first-order valence-corrected chi connectivity index (χ1v) is 12.0. The molecule has 0 saturated carbocycles. The van der Waals surface area contributed by atoms with E-state index in [1.165, 1.54) is 4.31 Å². The topological polar surface area (TPSA) is 108 Å². The molecule has 32 heavy (non-hydrogen) atoms. The van der Waals surface area contributed by atoms with Crippen molar-refractivity contribution in [3.8, 4) is 0 Å². The van der Waals surface area contributed by atoms with Gasteiger partial charge in [0.25, 0.3) is 0 Å². The normalized spacial score (nSPS) is 18.3. The van der Waals surface area contributed by atoms with E-state index in [4.69, 9.17) is 4.74 Å². The number of amides is 2. The van der Waals surface area contributed by atoms with E-state index in [9.17, 15) is 18.0 Å². The van der Waals surface area contributed by atoms with Crippen molar-refractivity contribution in [2.75, 3.05) is 45.9 Å². The van der Waals surface area contributed by atoms with Gasteiger partial charge in [-0.05, 0) is 29.8 Å². The van der Waals surface area contributed by atoms with Crippen LogP contribution >= 0.6 is 0 Å². The molecule has 2 aromatic rings. The molecule has 0 atom stereocenters. The van der Waals surface area contributed by atoms with Crippen molar-refractivity contribution in [2.45, 2.75) is 11.8 Å². The molecule has 2 amide bonds. The number of carbonyl (C=O) groups is 2. The van der Waals surface area contributed by atoms with E-state index in [0.717, 1.165) is 10.8 Å². The summed E-state index contributed by atoms with van der Waals surface area (Å²) in [5.74, 6) is -0.465. The largest absolute Gasteiger partial charge is 0.463 e. The number of nitrogens with one attached hydrogen (secondary N) is 2. The molecule has 1 fully saturated rings. The van der Waals surface area contributed by atoms with Crippen LogP contribution in [0.25, 0.3) is 10.8 Å². The van der Waals surface area contributed by atoms with Crippen LogP contribution in [0.2, 0.25) is 0 Å². The minimum Gasteiger partial charge on any atom is -0.463 e. The molecule has 2 heterocycles. The SMILES string of the molecule is CCOC(=O)C1=C(CN2CCN(S(=O)(=O)c3ccc4ccccc4c3)CC2)NC(=O)NC1. The van der Waals surface area contributed by atoms with Gasteiger partial charge in [0.2, 0.25) is 10.0 Å². The Labute approximate surface area is 187 Å². The van der Waals surface area contributed by atoms with Crippen molar-refractivity contribution >= 4 is 32.8 Å². The lowest BCUT2D eigenvalue weighted by atomic mass is 10.1. The number of benzene rings is 2. The Balaban J connectivity index is 1.44. The predicted octanol–water partition coefficient (Wildman–Crippen LogP) is 1.28. The summed E-state index contributed by atoms with van der Waals surface area (Å²) in [6.07, 6.45) is 0. The molecule has 2 aromatic carbocycles. The van der Waals surface area contributed by atoms with Gasteiger partial charge in [-0.25, -0.2) is 18.0 Å². The van der Waals surface area contributed by atoms with Gasteiger partial charge in [0, 0.05) is 38.4 Å². The zero-order valence-corrected chi connectivity index (χ0v) is 18.7. The molecule has 0 unspecified atom stereocenters. The predicted molar refractivity (Wildman–Crippen MR) is 119 cm³/mol. The van der Waals surface area contributed by atoms with Crippen LogP contribution in [-0.4, -0.2) is 75.5 Å². The van der Waals surface area contributed by atoms with Crippen LogP contribution in [0.3, 0.4) is 0 Å². The summed E-state index contributed by atoms with van der Waals surface area (Å²) in [6.45, 7) is 4.02. The molecule has 1 saturated heterocycles. The highest BCUT2D eigenvalue weighted by Gasteiger charge is 2.31. The van der Waals surface area contributed by atoms with E-state index in [-0.39, 0.29) is 24.1 Å². The van der Waals surface area contributed by atoms with Gasteiger partial charge in [0.15, 0.2) is 0 Å². The third-order valence-corrected chi connectivity index (χ3v) is 7.54. The average Bonchev–Trinajstić information content (AvgIpc) is 2.79. The minimum absolute atomic E-state index is 0.107. The Morgan fingerprint density at radius 3 is 2.50 bits per heavy atom. The first-order valence-electron chi connectivity index (χ1n) is 10.5. The molecule has 2 N–H and O–H groups in total. The summed E-state index contributed by atoms with van der Waals surface area (Å²) >= 11 is 0. The van der Waals surface area contributed by atoms with E-state index >= 15 is 0 Å². The number of nitrogens with zero attached hydrogens (tertiary/aromatic N) is 2. The Kier molecular flexibility index (Phi) is 6.45.